The number of nitrogens with zero attached hydrogens (tertiary/aromatic N) is 12. The van der Waals surface area contributed by atoms with Crippen LogP contribution in [-0.2, 0) is 21.1 Å². The number of para-hydroxylation sites is 3. The van der Waals surface area contributed by atoms with Crippen LogP contribution in [0.15, 0.2) is 215 Å². The second kappa shape index (κ2) is 30.4. The van der Waals surface area contributed by atoms with Crippen LogP contribution in [0.2, 0.25) is 0 Å². The first-order chi connectivity index (χ1) is 48.3. The minimum atomic E-state index is -0.351. The van der Waals surface area contributed by atoms with Gasteiger partial charge in [0.1, 0.15) is 34.7 Å². The molecule has 19 nitrogen and oxygen atoms in total. The number of halogens is 3. The molecule has 1 saturated heterocycles. The predicted octanol–water partition coefficient (Wildman–Crippen LogP) is 15.7. The highest BCUT2D eigenvalue weighted by Gasteiger charge is 2.31. The van der Waals surface area contributed by atoms with Crippen molar-refractivity contribution in [3.63, 3.8) is 0 Å². The van der Waals surface area contributed by atoms with Gasteiger partial charge in [-0.05, 0) is 159 Å². The predicted molar refractivity (Wildman–Crippen MR) is 373 cm³/mol. The third-order valence-electron chi connectivity index (χ3n) is 18.3. The Labute approximate surface area is 569 Å². The Morgan fingerprint density at radius 3 is 0.909 bits per heavy atom. The monoisotopic (exact) mass is 1330 g/mol. The summed E-state index contributed by atoms with van der Waals surface area (Å²) in [6.45, 7) is 1.71. The molecule has 6 aromatic heterocycles. The summed E-state index contributed by atoms with van der Waals surface area (Å²) in [7, 11) is 5.64. The molecule has 2 aliphatic carbocycles. The van der Waals surface area contributed by atoms with Gasteiger partial charge in [0.05, 0.1) is 69.0 Å². The molecule has 3 aliphatic rings. The van der Waals surface area contributed by atoms with Gasteiger partial charge in [-0.3, -0.25) is 28.4 Å². The molecule has 0 spiro atoms. The van der Waals surface area contributed by atoms with Crippen LogP contribution in [0.1, 0.15) is 95.2 Å². The Morgan fingerprint density at radius 2 is 0.626 bits per heavy atom. The average Bonchev–Trinajstić information content (AvgIpc) is 1.62. The highest BCUT2D eigenvalue weighted by molar-refractivity contribution is 5.81. The quantitative estimate of drug-likeness (QED) is 0.102. The normalized spacial score (nSPS) is 14.4. The van der Waals surface area contributed by atoms with E-state index in [9.17, 15) is 27.6 Å². The molecule has 6 aromatic carbocycles. The van der Waals surface area contributed by atoms with E-state index < -0.39 is 0 Å². The summed E-state index contributed by atoms with van der Waals surface area (Å²) in [5.41, 5.74) is 6.85. The molecule has 0 radical (unpaired) electrons. The summed E-state index contributed by atoms with van der Waals surface area (Å²) in [5.74, 6) is 0.836. The third-order valence-corrected chi connectivity index (χ3v) is 18.3. The van der Waals surface area contributed by atoms with Gasteiger partial charge in [0.2, 0.25) is 0 Å². The molecule has 99 heavy (non-hydrogen) atoms. The Bertz CT molecular complexity index is 4410. The van der Waals surface area contributed by atoms with E-state index in [1.54, 1.807) is 77.9 Å². The summed E-state index contributed by atoms with van der Waals surface area (Å²) in [4.78, 5) is 67.7. The molecule has 1 N–H and O–H groups in total. The topological polar surface area (TPSA) is 198 Å². The lowest BCUT2D eigenvalue weighted by atomic mass is 9.95. The first-order valence-electron chi connectivity index (χ1n) is 33.5. The van der Waals surface area contributed by atoms with Gasteiger partial charge in [-0.2, -0.15) is 15.0 Å². The number of rotatable bonds is 15. The fourth-order valence-corrected chi connectivity index (χ4v) is 13.7. The Morgan fingerprint density at radius 1 is 0.354 bits per heavy atom. The maximum Gasteiger partial charge on any atom is 0.322 e. The largest absolute Gasteiger partial charge is 0.424 e. The first-order valence-corrected chi connectivity index (χ1v) is 33.5. The van der Waals surface area contributed by atoms with Crippen LogP contribution in [0.3, 0.4) is 0 Å². The van der Waals surface area contributed by atoms with Crippen molar-refractivity contribution in [2.24, 2.45) is 21.1 Å². The van der Waals surface area contributed by atoms with Crippen molar-refractivity contribution < 1.29 is 27.4 Å². The summed E-state index contributed by atoms with van der Waals surface area (Å²) >= 11 is 0. The van der Waals surface area contributed by atoms with Gasteiger partial charge in [-0.1, -0.05) is 130 Å². The van der Waals surface area contributed by atoms with Gasteiger partial charge in [0, 0.05) is 39.7 Å². The van der Waals surface area contributed by atoms with E-state index >= 15 is 0 Å². The number of piperidine rings is 1. The average molecular weight is 1330 g/mol. The summed E-state index contributed by atoms with van der Waals surface area (Å²) < 4.78 is 69.5. The van der Waals surface area contributed by atoms with Crippen LogP contribution >= 0.6 is 0 Å². The minimum absolute atomic E-state index is 0.0681. The second-order valence-electron chi connectivity index (χ2n) is 24.7. The zero-order valence-electron chi connectivity index (χ0n) is 55.1. The van der Waals surface area contributed by atoms with E-state index in [4.69, 9.17) is 14.2 Å². The van der Waals surface area contributed by atoms with Crippen LogP contribution in [0, 0.1) is 17.5 Å². The van der Waals surface area contributed by atoms with Crippen LogP contribution in [0.25, 0.3) is 67.5 Å². The summed E-state index contributed by atoms with van der Waals surface area (Å²) in [5, 5.41) is 3.34. The van der Waals surface area contributed by atoms with Crippen LogP contribution in [0.4, 0.5) is 13.2 Å². The van der Waals surface area contributed by atoms with Crippen molar-refractivity contribution in [1.29, 1.82) is 0 Å². The van der Waals surface area contributed by atoms with Crippen molar-refractivity contribution in [2.45, 2.75) is 95.2 Å². The Balaban J connectivity index is 0.000000133. The molecule has 7 heterocycles. The fraction of sp³-hybridized carbons (Fsp3) is 0.260. The lowest BCUT2D eigenvalue weighted by molar-refractivity contribution is 0.296. The van der Waals surface area contributed by atoms with Gasteiger partial charge in [0.25, 0.3) is 16.7 Å². The molecule has 1 aliphatic heterocycles. The third kappa shape index (κ3) is 14.9. The van der Waals surface area contributed by atoms with Gasteiger partial charge < -0.3 is 19.5 Å². The fourth-order valence-electron chi connectivity index (χ4n) is 13.7. The van der Waals surface area contributed by atoms with Crippen molar-refractivity contribution in [3.8, 4) is 103 Å². The number of aromatic nitrogens is 12. The molecule has 3 fully saturated rings. The first kappa shape index (κ1) is 66.4. The van der Waals surface area contributed by atoms with Gasteiger partial charge in [-0.15, -0.1) is 0 Å². The zero-order valence-corrected chi connectivity index (χ0v) is 55.1. The molecule has 0 atom stereocenters. The van der Waals surface area contributed by atoms with E-state index in [1.165, 1.54) is 49.2 Å². The highest BCUT2D eigenvalue weighted by atomic mass is 19.1. The number of hydrogen-bond acceptors (Lipinski definition) is 13. The van der Waals surface area contributed by atoms with Gasteiger partial charge in [-0.25, -0.2) is 42.2 Å². The SMILES string of the molecule is Cn1c(-c2ccnc(Oc3ccccc3)n2)c(-c2ccc(F)cc2)c(=O)n1C1CCCCC1.Cn1c(-c2ccnc(Oc3ccccc3)n2)c(-c2ccc(F)cc2)c(=O)n1C1CCCCC1.Cn1c(-c2ccnc(Oc3ccccc3)n2)c(-c2ccc(F)cc2)c(=O)n1C1CCNCC1. The molecule has 15 rings (SSSR count). The van der Waals surface area contributed by atoms with E-state index in [0.29, 0.717) is 84.8 Å². The number of hydrogen-bond donors (Lipinski definition) is 1. The van der Waals surface area contributed by atoms with E-state index in [2.05, 4.69) is 35.2 Å². The van der Waals surface area contributed by atoms with E-state index in [0.717, 1.165) is 77.3 Å². The van der Waals surface area contributed by atoms with Gasteiger partial charge >= 0.3 is 18.0 Å². The number of nitrogens with one attached hydrogen (secondary N) is 1. The Kier molecular flexibility index (Phi) is 20.4. The lowest BCUT2D eigenvalue weighted by Gasteiger charge is -2.25. The molecule has 2 saturated carbocycles. The smallest absolute Gasteiger partial charge is 0.322 e. The summed E-state index contributed by atoms with van der Waals surface area (Å²) in [6, 6.07) is 52.2. The van der Waals surface area contributed by atoms with E-state index in [1.807, 2.05) is 136 Å². The molecular weight excluding hydrogens is 1260 g/mol. The van der Waals surface area contributed by atoms with Crippen molar-refractivity contribution >= 4 is 0 Å². The van der Waals surface area contributed by atoms with E-state index in [-0.39, 0.29) is 70.3 Å². The molecule has 22 heteroatoms. The standard InChI is InChI=1S/2C26H25FN4O2.C25H24FN5O2/c2*1-30-24(22-16-17-28-26(29-22)33-21-10-6-3-7-11-21)23(18-12-14-19(27)15-13-18)25(32)31(30)20-8-4-2-5-9-20;1-30-23(21-13-16-28-25(29-21)33-20-5-3-2-4-6-20)22(17-7-9-18(26)10-8-17)24(32)31(30)19-11-14-27-15-12-19/h2*3,6-7,10-17,20H,2,4-5,8-9H2,1H3;2-10,13,16,19,27H,11-12,14-15H2,1H3. The van der Waals surface area contributed by atoms with Crippen molar-refractivity contribution in [3.05, 3.63) is 249 Å². The second-order valence-corrected chi connectivity index (χ2v) is 24.7. The maximum absolute atomic E-state index is 13.7. The van der Waals surface area contributed by atoms with Crippen molar-refractivity contribution in [2.75, 3.05) is 13.1 Å². The molecule has 504 valence electrons. The zero-order chi connectivity index (χ0) is 68.4. The Hall–Kier alpha value is -11.3. The lowest BCUT2D eigenvalue weighted by Crippen LogP contribution is -2.35. The number of ether oxygens (including phenoxy) is 3. The molecule has 0 unspecified atom stereocenters. The molecule has 0 bridgehead atoms. The molecule has 0 amide bonds. The van der Waals surface area contributed by atoms with Gasteiger partial charge in [0.15, 0.2) is 0 Å². The van der Waals surface area contributed by atoms with Crippen molar-refractivity contribution in [1.82, 2.24) is 63.3 Å². The maximum atomic E-state index is 13.7. The van der Waals surface area contributed by atoms with Crippen LogP contribution in [0.5, 0.6) is 35.3 Å². The number of benzene rings is 6. The minimum Gasteiger partial charge on any atom is -0.424 e. The van der Waals surface area contributed by atoms with Crippen LogP contribution < -0.4 is 36.2 Å². The van der Waals surface area contributed by atoms with Crippen LogP contribution in [-0.4, -0.2) is 71.1 Å². The molecular formula is C77H74F3N13O6. The molecule has 12 aromatic rings. The highest BCUT2D eigenvalue weighted by Crippen LogP contribution is 2.38. The summed E-state index contributed by atoms with van der Waals surface area (Å²) in [6.07, 6.45) is 17.2.